The summed E-state index contributed by atoms with van der Waals surface area (Å²) in [6.07, 6.45) is 3.56. The lowest BCUT2D eigenvalue weighted by atomic mass is 10.1. The fraction of sp³-hybridized carbons (Fsp3) is 0.600. The molecule has 0 atom stereocenters. The molecule has 1 N–H and O–H groups in total. The number of aliphatic imine (C=N–C) groups is 1. The number of likely N-dealkylation sites (tertiary alicyclic amines) is 1. The van der Waals surface area contributed by atoms with Crippen molar-refractivity contribution in [2.75, 3.05) is 52.9 Å². The van der Waals surface area contributed by atoms with Crippen LogP contribution < -0.4 is 5.32 Å². The second-order valence-electron chi connectivity index (χ2n) is 7.23. The first-order chi connectivity index (χ1) is 13.2. The van der Waals surface area contributed by atoms with Crippen LogP contribution in [0.2, 0.25) is 0 Å². The smallest absolute Gasteiger partial charge is 0.236 e. The summed E-state index contributed by atoms with van der Waals surface area (Å²) < 4.78 is 1.09. The zero-order chi connectivity index (χ0) is 19.1. The van der Waals surface area contributed by atoms with E-state index < -0.39 is 0 Å². The van der Waals surface area contributed by atoms with Gasteiger partial charge in [-0.2, -0.15) is 0 Å². The molecule has 0 bridgehead atoms. The summed E-state index contributed by atoms with van der Waals surface area (Å²) in [6.45, 7) is 6.78. The number of halogens is 1. The average molecular weight is 436 g/mol. The van der Waals surface area contributed by atoms with Crippen molar-refractivity contribution in [2.45, 2.75) is 25.8 Å². The number of hydrogen-bond acceptors (Lipinski definition) is 3. The Morgan fingerprint density at radius 1 is 1.00 bits per heavy atom. The lowest BCUT2D eigenvalue weighted by molar-refractivity contribution is -0.133. The number of nitrogens with zero attached hydrogens (tertiary/aromatic N) is 4. The number of rotatable bonds is 4. The topological polar surface area (TPSA) is 51.2 Å². The number of piperazine rings is 1. The van der Waals surface area contributed by atoms with Gasteiger partial charge in [0.05, 0.1) is 6.54 Å². The number of guanidine groups is 1. The van der Waals surface area contributed by atoms with E-state index in [0.29, 0.717) is 12.5 Å². The lowest BCUT2D eigenvalue weighted by Gasteiger charge is -2.37. The van der Waals surface area contributed by atoms with Crippen molar-refractivity contribution in [3.63, 3.8) is 0 Å². The number of benzene rings is 1. The number of carbonyl (C=O) groups is 1. The van der Waals surface area contributed by atoms with Gasteiger partial charge in [0.25, 0.3) is 0 Å². The van der Waals surface area contributed by atoms with Gasteiger partial charge in [-0.05, 0) is 37.0 Å². The van der Waals surface area contributed by atoms with Crippen molar-refractivity contribution in [2.24, 2.45) is 4.99 Å². The molecule has 3 rings (SSSR count). The van der Waals surface area contributed by atoms with Gasteiger partial charge in [0, 0.05) is 57.3 Å². The summed E-state index contributed by atoms with van der Waals surface area (Å²) >= 11 is 3.47. The summed E-state index contributed by atoms with van der Waals surface area (Å²) in [5.74, 6) is 1.22. The number of hydrogen-bond donors (Lipinski definition) is 1. The average Bonchev–Trinajstić information content (AvgIpc) is 2.71. The maximum Gasteiger partial charge on any atom is 0.236 e. The summed E-state index contributed by atoms with van der Waals surface area (Å²) in [4.78, 5) is 23.5. The van der Waals surface area contributed by atoms with Gasteiger partial charge in [-0.3, -0.25) is 14.7 Å². The van der Waals surface area contributed by atoms with Gasteiger partial charge in [-0.15, -0.1) is 0 Å². The van der Waals surface area contributed by atoms with Gasteiger partial charge in [-0.1, -0.05) is 28.1 Å². The van der Waals surface area contributed by atoms with Crippen LogP contribution in [0.5, 0.6) is 0 Å². The number of amides is 1. The lowest BCUT2D eigenvalue weighted by Crippen LogP contribution is -2.54. The van der Waals surface area contributed by atoms with Crippen LogP contribution in [0, 0.1) is 0 Å². The van der Waals surface area contributed by atoms with E-state index in [0.717, 1.165) is 69.1 Å². The molecule has 0 unspecified atom stereocenters. The monoisotopic (exact) mass is 435 g/mol. The molecule has 0 spiro atoms. The zero-order valence-electron chi connectivity index (χ0n) is 16.2. The highest BCUT2D eigenvalue weighted by atomic mass is 79.9. The molecule has 2 heterocycles. The van der Waals surface area contributed by atoms with E-state index in [9.17, 15) is 4.79 Å². The molecule has 2 fully saturated rings. The van der Waals surface area contributed by atoms with Crippen molar-refractivity contribution < 1.29 is 4.79 Å². The molecule has 1 aromatic carbocycles. The van der Waals surface area contributed by atoms with Crippen LogP contribution in [-0.4, -0.2) is 79.4 Å². The minimum atomic E-state index is 0.292. The SMILES string of the molecule is CN=C(NCc1ccc(Br)cc1)N1CCN(CC(=O)N2CCCCC2)CC1. The molecule has 148 valence electrons. The van der Waals surface area contributed by atoms with Crippen LogP contribution in [0.4, 0.5) is 0 Å². The standard InChI is InChI=1S/C20H30BrN5O/c1-22-20(23-15-17-5-7-18(21)8-6-17)26-13-11-24(12-14-26)16-19(27)25-9-3-2-4-10-25/h5-8H,2-4,9-16H2,1H3,(H,22,23). The second kappa shape index (κ2) is 10.1. The maximum absolute atomic E-state index is 12.5. The molecule has 6 nitrogen and oxygen atoms in total. The predicted octanol–water partition coefficient (Wildman–Crippen LogP) is 2.15. The Bertz CT molecular complexity index is 634. The third-order valence-corrected chi connectivity index (χ3v) is 5.84. The Morgan fingerprint density at radius 3 is 2.30 bits per heavy atom. The molecule has 2 saturated heterocycles. The molecule has 7 heteroatoms. The van der Waals surface area contributed by atoms with Crippen LogP contribution >= 0.6 is 15.9 Å². The molecule has 0 aromatic heterocycles. The first-order valence-electron chi connectivity index (χ1n) is 9.86. The second-order valence-corrected chi connectivity index (χ2v) is 8.15. The van der Waals surface area contributed by atoms with Crippen LogP contribution in [0.15, 0.2) is 33.7 Å². The highest BCUT2D eigenvalue weighted by molar-refractivity contribution is 9.10. The molecular weight excluding hydrogens is 406 g/mol. The third kappa shape index (κ3) is 5.94. The normalized spacial score (nSPS) is 19.3. The molecule has 1 amide bonds. The van der Waals surface area contributed by atoms with Gasteiger partial charge < -0.3 is 15.1 Å². The molecule has 0 saturated carbocycles. The molecule has 0 aliphatic carbocycles. The highest BCUT2D eigenvalue weighted by Gasteiger charge is 2.23. The van der Waals surface area contributed by atoms with Crippen LogP contribution in [0.1, 0.15) is 24.8 Å². The van der Waals surface area contributed by atoms with E-state index >= 15 is 0 Å². The largest absolute Gasteiger partial charge is 0.352 e. The Labute approximate surface area is 170 Å². The fourth-order valence-electron chi connectivity index (χ4n) is 3.67. The van der Waals surface area contributed by atoms with Gasteiger partial charge >= 0.3 is 0 Å². The molecule has 1 aromatic rings. The fourth-order valence-corrected chi connectivity index (χ4v) is 3.93. The van der Waals surface area contributed by atoms with Gasteiger partial charge in [0.15, 0.2) is 5.96 Å². The van der Waals surface area contributed by atoms with Crippen molar-refractivity contribution in [3.05, 3.63) is 34.3 Å². The Balaban J connectivity index is 1.42. The van der Waals surface area contributed by atoms with Gasteiger partial charge in [-0.25, -0.2) is 0 Å². The first kappa shape index (κ1) is 20.1. The van der Waals surface area contributed by atoms with E-state index in [1.807, 2.05) is 11.9 Å². The van der Waals surface area contributed by atoms with Crippen molar-refractivity contribution in [1.29, 1.82) is 0 Å². The van der Waals surface area contributed by atoms with Gasteiger partial charge in [0.1, 0.15) is 0 Å². The first-order valence-corrected chi connectivity index (χ1v) is 10.6. The van der Waals surface area contributed by atoms with Crippen molar-refractivity contribution >= 4 is 27.8 Å². The minimum absolute atomic E-state index is 0.292. The number of nitrogens with one attached hydrogen (secondary N) is 1. The van der Waals surface area contributed by atoms with E-state index in [2.05, 4.69) is 60.3 Å². The van der Waals surface area contributed by atoms with Gasteiger partial charge in [0.2, 0.25) is 5.91 Å². The summed E-state index contributed by atoms with van der Waals surface area (Å²) in [5.41, 5.74) is 1.23. The third-order valence-electron chi connectivity index (χ3n) is 5.32. The van der Waals surface area contributed by atoms with Crippen LogP contribution in [-0.2, 0) is 11.3 Å². The van der Waals surface area contributed by atoms with Crippen molar-refractivity contribution in [1.82, 2.24) is 20.0 Å². The quantitative estimate of drug-likeness (QED) is 0.581. The van der Waals surface area contributed by atoms with Crippen LogP contribution in [0.3, 0.4) is 0 Å². The maximum atomic E-state index is 12.5. The molecular formula is C20H30BrN5O. The number of piperidine rings is 1. The predicted molar refractivity (Wildman–Crippen MR) is 113 cm³/mol. The highest BCUT2D eigenvalue weighted by Crippen LogP contribution is 2.12. The Hall–Kier alpha value is -1.60. The molecule has 0 radical (unpaired) electrons. The van der Waals surface area contributed by atoms with E-state index in [-0.39, 0.29) is 0 Å². The summed E-state index contributed by atoms with van der Waals surface area (Å²) in [7, 11) is 1.83. The van der Waals surface area contributed by atoms with Crippen molar-refractivity contribution in [3.8, 4) is 0 Å². The Kier molecular flexibility index (Phi) is 7.52. The summed E-state index contributed by atoms with van der Waals surface area (Å²) in [6, 6.07) is 8.32. The molecule has 27 heavy (non-hydrogen) atoms. The zero-order valence-corrected chi connectivity index (χ0v) is 17.7. The number of carbonyl (C=O) groups excluding carboxylic acids is 1. The summed E-state index contributed by atoms with van der Waals surface area (Å²) in [5, 5.41) is 3.45. The van der Waals surface area contributed by atoms with E-state index in [1.165, 1.54) is 12.0 Å². The Morgan fingerprint density at radius 2 is 1.67 bits per heavy atom. The minimum Gasteiger partial charge on any atom is -0.352 e. The molecule has 2 aliphatic rings. The van der Waals surface area contributed by atoms with E-state index in [1.54, 1.807) is 0 Å². The van der Waals surface area contributed by atoms with Crippen LogP contribution in [0.25, 0.3) is 0 Å². The molecule has 2 aliphatic heterocycles. The van der Waals surface area contributed by atoms with E-state index in [4.69, 9.17) is 0 Å².